The van der Waals surface area contributed by atoms with Crippen LogP contribution in [0.1, 0.15) is 25.0 Å². The molecule has 0 radical (unpaired) electrons. The zero-order valence-electron chi connectivity index (χ0n) is 34.4. The van der Waals surface area contributed by atoms with Crippen LogP contribution in [-0.4, -0.2) is 0 Å². The highest BCUT2D eigenvalue weighted by Gasteiger charge is 2.37. The SMILES string of the molecule is CC1(C)c2ccccc2-c2ccc(N3c4c(ccc5ccccc45)-c4cc(-c5ccc(N(c6ccccc6)c6ccc7sc8ccccc8c7c6)cc5)cc5cccc3c45)cc21. The predicted octanol–water partition coefficient (Wildman–Crippen LogP) is 17.3. The minimum Gasteiger partial charge on any atom is -0.310 e. The smallest absolute Gasteiger partial charge is 0.0618 e. The van der Waals surface area contributed by atoms with E-state index in [-0.39, 0.29) is 5.41 Å². The molecule has 62 heavy (non-hydrogen) atoms. The summed E-state index contributed by atoms with van der Waals surface area (Å²) >= 11 is 1.86. The van der Waals surface area contributed by atoms with Gasteiger partial charge in [-0.2, -0.15) is 0 Å². The van der Waals surface area contributed by atoms with Crippen molar-refractivity contribution in [3.8, 4) is 33.4 Å². The molecule has 10 aromatic carbocycles. The van der Waals surface area contributed by atoms with Crippen LogP contribution >= 0.6 is 11.3 Å². The lowest BCUT2D eigenvalue weighted by molar-refractivity contribution is 0.660. The Balaban J connectivity index is 0.956. The molecule has 0 fully saturated rings. The van der Waals surface area contributed by atoms with E-state index >= 15 is 0 Å². The number of hydrogen-bond donors (Lipinski definition) is 0. The summed E-state index contributed by atoms with van der Waals surface area (Å²) in [6, 6.07) is 76.7. The maximum Gasteiger partial charge on any atom is 0.0618 e. The highest BCUT2D eigenvalue weighted by molar-refractivity contribution is 7.25. The van der Waals surface area contributed by atoms with Gasteiger partial charge in [0.15, 0.2) is 0 Å². The van der Waals surface area contributed by atoms with Crippen molar-refractivity contribution < 1.29 is 0 Å². The van der Waals surface area contributed by atoms with Crippen LogP contribution in [0.4, 0.5) is 34.1 Å². The molecule has 0 saturated carbocycles. The third-order valence-corrected chi connectivity index (χ3v) is 14.7. The van der Waals surface area contributed by atoms with Crippen LogP contribution in [0.15, 0.2) is 206 Å². The lowest BCUT2D eigenvalue weighted by Gasteiger charge is -2.35. The number of benzene rings is 10. The topological polar surface area (TPSA) is 6.48 Å². The van der Waals surface area contributed by atoms with Crippen LogP contribution in [0.5, 0.6) is 0 Å². The second kappa shape index (κ2) is 13.3. The number of thiophene rings is 1. The van der Waals surface area contributed by atoms with Gasteiger partial charge < -0.3 is 9.80 Å². The fourth-order valence-corrected chi connectivity index (χ4v) is 11.7. The average Bonchev–Trinajstić information content (AvgIpc) is 3.80. The van der Waals surface area contributed by atoms with Crippen LogP contribution < -0.4 is 9.80 Å². The van der Waals surface area contributed by atoms with Crippen molar-refractivity contribution in [3.05, 3.63) is 217 Å². The van der Waals surface area contributed by atoms with E-state index < -0.39 is 0 Å². The normalized spacial score (nSPS) is 13.4. The van der Waals surface area contributed by atoms with Gasteiger partial charge in [0.1, 0.15) is 0 Å². The van der Waals surface area contributed by atoms with Gasteiger partial charge in [-0.25, -0.2) is 0 Å². The monoisotopic (exact) mass is 808 g/mol. The third kappa shape index (κ3) is 5.16. The van der Waals surface area contributed by atoms with E-state index in [9.17, 15) is 0 Å². The van der Waals surface area contributed by atoms with Crippen LogP contribution in [0, 0.1) is 0 Å². The lowest BCUT2D eigenvalue weighted by Crippen LogP contribution is -2.18. The second-order valence-corrected chi connectivity index (χ2v) is 18.4. The first kappa shape index (κ1) is 35.3. The largest absolute Gasteiger partial charge is 0.310 e. The van der Waals surface area contributed by atoms with E-state index in [1.807, 2.05) is 11.3 Å². The number of rotatable bonds is 5. The molecule has 0 amide bonds. The average molecular weight is 809 g/mol. The van der Waals surface area contributed by atoms with Gasteiger partial charge in [0.2, 0.25) is 0 Å². The summed E-state index contributed by atoms with van der Waals surface area (Å²) in [4.78, 5) is 4.91. The van der Waals surface area contributed by atoms with Crippen LogP contribution in [0.3, 0.4) is 0 Å². The number of nitrogens with zero attached hydrogens (tertiary/aromatic N) is 2. The fraction of sp³-hybridized carbons (Fsp3) is 0.0508. The first-order chi connectivity index (χ1) is 30.5. The number of anilines is 6. The maximum atomic E-state index is 2.54. The Morgan fingerprint density at radius 2 is 1.11 bits per heavy atom. The van der Waals surface area contributed by atoms with Gasteiger partial charge in [-0.1, -0.05) is 141 Å². The molecular weight excluding hydrogens is 769 g/mol. The molecular formula is C59H40N2S. The molecule has 11 aromatic rings. The molecule has 0 N–H and O–H groups in total. The summed E-state index contributed by atoms with van der Waals surface area (Å²) in [6.07, 6.45) is 0. The van der Waals surface area contributed by atoms with Gasteiger partial charge in [-0.05, 0) is 129 Å². The highest BCUT2D eigenvalue weighted by atomic mass is 32.1. The molecule has 0 atom stereocenters. The molecule has 2 aliphatic rings. The number of hydrogen-bond acceptors (Lipinski definition) is 3. The molecule has 1 aliphatic heterocycles. The summed E-state index contributed by atoms with van der Waals surface area (Å²) in [5, 5.41) is 7.61. The molecule has 292 valence electrons. The summed E-state index contributed by atoms with van der Waals surface area (Å²) in [7, 11) is 0. The first-order valence-electron chi connectivity index (χ1n) is 21.5. The van der Waals surface area contributed by atoms with E-state index in [1.54, 1.807) is 0 Å². The third-order valence-electron chi connectivity index (χ3n) is 13.5. The van der Waals surface area contributed by atoms with Crippen molar-refractivity contribution >= 4 is 87.2 Å². The minimum absolute atomic E-state index is 0.0989. The van der Waals surface area contributed by atoms with Gasteiger partial charge in [-0.3, -0.25) is 0 Å². The Hall–Kier alpha value is -7.46. The van der Waals surface area contributed by atoms with Gasteiger partial charge >= 0.3 is 0 Å². The molecule has 13 rings (SSSR count). The van der Waals surface area contributed by atoms with E-state index in [1.165, 1.54) is 103 Å². The van der Waals surface area contributed by atoms with E-state index in [0.29, 0.717) is 0 Å². The molecule has 2 nitrogen and oxygen atoms in total. The second-order valence-electron chi connectivity index (χ2n) is 17.3. The van der Waals surface area contributed by atoms with Crippen molar-refractivity contribution in [1.29, 1.82) is 0 Å². The first-order valence-corrected chi connectivity index (χ1v) is 22.3. The predicted molar refractivity (Wildman–Crippen MR) is 266 cm³/mol. The minimum atomic E-state index is -0.0989. The summed E-state index contributed by atoms with van der Waals surface area (Å²) in [5.41, 5.74) is 17.3. The molecule has 0 unspecified atom stereocenters. The number of fused-ring (bicyclic) bond motifs is 10. The zero-order valence-corrected chi connectivity index (χ0v) is 35.2. The number of para-hydroxylation sites is 1. The molecule has 3 heteroatoms. The molecule has 1 aliphatic carbocycles. The Labute approximate surface area is 365 Å². The Kier molecular flexibility index (Phi) is 7.56. The van der Waals surface area contributed by atoms with Crippen LogP contribution in [0.25, 0.3) is 75.1 Å². The van der Waals surface area contributed by atoms with E-state index in [0.717, 1.165) is 17.1 Å². The molecule has 0 bridgehead atoms. The fourth-order valence-electron chi connectivity index (χ4n) is 10.6. The van der Waals surface area contributed by atoms with Crippen LogP contribution in [-0.2, 0) is 5.41 Å². The van der Waals surface area contributed by atoms with Crippen molar-refractivity contribution in [1.82, 2.24) is 0 Å². The Morgan fingerprint density at radius 1 is 0.419 bits per heavy atom. The van der Waals surface area contributed by atoms with Gasteiger partial charge in [0, 0.05) is 64.7 Å². The quantitative estimate of drug-likeness (QED) is 0.171. The summed E-state index contributed by atoms with van der Waals surface area (Å²) in [6.45, 7) is 4.74. The van der Waals surface area contributed by atoms with Crippen molar-refractivity contribution in [2.24, 2.45) is 0 Å². The Morgan fingerprint density at radius 3 is 2.00 bits per heavy atom. The van der Waals surface area contributed by atoms with Crippen molar-refractivity contribution in [2.45, 2.75) is 19.3 Å². The summed E-state index contributed by atoms with van der Waals surface area (Å²) in [5.74, 6) is 0. The molecule has 0 spiro atoms. The maximum absolute atomic E-state index is 2.54. The Bertz CT molecular complexity index is 3620. The van der Waals surface area contributed by atoms with Gasteiger partial charge in [-0.15, -0.1) is 11.3 Å². The van der Waals surface area contributed by atoms with Crippen LogP contribution in [0.2, 0.25) is 0 Å². The van der Waals surface area contributed by atoms with E-state index in [2.05, 4.69) is 230 Å². The van der Waals surface area contributed by atoms with Gasteiger partial charge in [0.05, 0.1) is 11.4 Å². The zero-order chi connectivity index (χ0) is 41.1. The highest BCUT2D eigenvalue weighted by Crippen LogP contribution is 2.56. The van der Waals surface area contributed by atoms with Crippen molar-refractivity contribution in [3.63, 3.8) is 0 Å². The van der Waals surface area contributed by atoms with Crippen molar-refractivity contribution in [2.75, 3.05) is 9.80 Å². The molecule has 2 heterocycles. The van der Waals surface area contributed by atoms with Gasteiger partial charge in [0.25, 0.3) is 0 Å². The standard InChI is InChI=1S/C59H40N2S/c1-59(2)52-20-10-8-18-46(52)47-31-28-44(36-53(47)59)61-54-21-12-14-39-33-40(34-51(57(39)54)49-30-25-38-13-6-7-17-45(38)58(49)61)37-23-26-42(27-24-37)60(41-15-4-3-5-16-41)43-29-32-56-50(35-43)48-19-9-11-22-55(48)62-56/h3-36H,1-2H3. The van der Waals surface area contributed by atoms with E-state index in [4.69, 9.17) is 0 Å². The molecule has 0 saturated heterocycles. The summed E-state index contributed by atoms with van der Waals surface area (Å²) < 4.78 is 2.63. The lowest BCUT2D eigenvalue weighted by atomic mass is 9.82. The molecule has 1 aromatic heterocycles.